The van der Waals surface area contributed by atoms with E-state index in [0.717, 1.165) is 0 Å². The summed E-state index contributed by atoms with van der Waals surface area (Å²) in [6.07, 6.45) is -1.09. The second-order valence-electron chi connectivity index (χ2n) is 6.70. The molecule has 0 aliphatic rings. The molecule has 7 nitrogen and oxygen atoms in total. The summed E-state index contributed by atoms with van der Waals surface area (Å²) >= 11 is 6.13. The number of amides is 1. The summed E-state index contributed by atoms with van der Waals surface area (Å²) < 4.78 is 32.1. The van der Waals surface area contributed by atoms with Crippen LogP contribution in [0.5, 0.6) is 0 Å². The van der Waals surface area contributed by atoms with Gasteiger partial charge in [-0.15, -0.1) is 0 Å². The Hall–Kier alpha value is -2.42. The van der Waals surface area contributed by atoms with Crippen molar-refractivity contribution < 1.29 is 22.7 Å². The summed E-state index contributed by atoms with van der Waals surface area (Å²) in [5, 5.41) is 0.0403. The average molecular weight is 467 g/mol. The van der Waals surface area contributed by atoms with Crippen LogP contribution in [0, 0.1) is 0 Å². The fourth-order valence-electron chi connectivity index (χ4n) is 3.10. The maximum atomic E-state index is 12.8. The van der Waals surface area contributed by atoms with E-state index in [9.17, 15) is 18.0 Å². The number of anilines is 1. The summed E-state index contributed by atoms with van der Waals surface area (Å²) in [6, 6.07) is 12.9. The molecule has 0 unspecified atom stereocenters. The van der Waals surface area contributed by atoms with Crippen LogP contribution in [0.3, 0.4) is 0 Å². The summed E-state index contributed by atoms with van der Waals surface area (Å²) in [4.78, 5) is 27.0. The normalized spacial score (nSPS) is 12.5. The van der Waals surface area contributed by atoms with Gasteiger partial charge in [-0.25, -0.2) is 13.2 Å². The van der Waals surface area contributed by atoms with Gasteiger partial charge >= 0.3 is 5.97 Å². The number of ether oxygens (including phenoxy) is 1. The van der Waals surface area contributed by atoms with Gasteiger partial charge in [-0.2, -0.15) is 4.31 Å². The van der Waals surface area contributed by atoms with E-state index in [1.807, 2.05) is 25.1 Å². The largest absolute Gasteiger partial charge is 0.449 e. The molecule has 0 radical (unpaired) electrons. The Bertz CT molecular complexity index is 1020. The minimum atomic E-state index is -3.78. The second kappa shape index (κ2) is 10.7. The molecule has 2 aromatic carbocycles. The Morgan fingerprint density at radius 3 is 2.16 bits per heavy atom. The summed E-state index contributed by atoms with van der Waals surface area (Å²) in [5.41, 5.74) is 0.570. The van der Waals surface area contributed by atoms with Gasteiger partial charge in [0.25, 0.3) is 5.91 Å². The van der Waals surface area contributed by atoms with Crippen molar-refractivity contribution in [1.82, 2.24) is 4.31 Å². The third kappa shape index (κ3) is 5.64. The zero-order valence-corrected chi connectivity index (χ0v) is 19.6. The Kier molecular flexibility index (Phi) is 8.61. The highest BCUT2D eigenvalue weighted by Gasteiger charge is 2.28. The molecule has 168 valence electrons. The van der Waals surface area contributed by atoms with Crippen molar-refractivity contribution in [2.45, 2.75) is 38.7 Å². The van der Waals surface area contributed by atoms with E-state index in [1.165, 1.54) is 34.3 Å². The molecule has 0 aliphatic carbocycles. The van der Waals surface area contributed by atoms with Crippen LogP contribution in [-0.4, -0.2) is 50.3 Å². The van der Waals surface area contributed by atoms with Crippen LogP contribution >= 0.6 is 11.6 Å². The molecular weight excluding hydrogens is 440 g/mol. The van der Waals surface area contributed by atoms with Gasteiger partial charge in [-0.05, 0) is 44.2 Å². The molecule has 0 N–H and O–H groups in total. The first-order chi connectivity index (χ1) is 14.7. The van der Waals surface area contributed by atoms with Crippen molar-refractivity contribution in [3.05, 3.63) is 59.1 Å². The van der Waals surface area contributed by atoms with E-state index in [-0.39, 0.29) is 15.5 Å². The quantitative estimate of drug-likeness (QED) is 0.522. The first-order valence-electron chi connectivity index (χ1n) is 10.0. The molecule has 2 aromatic rings. The lowest BCUT2D eigenvalue weighted by molar-refractivity contribution is -0.126. The van der Waals surface area contributed by atoms with Crippen LogP contribution in [0.15, 0.2) is 53.4 Å². The van der Waals surface area contributed by atoms with Crippen molar-refractivity contribution in [1.29, 1.82) is 0 Å². The molecule has 0 aliphatic heterocycles. The van der Waals surface area contributed by atoms with Crippen LogP contribution in [0.4, 0.5) is 5.69 Å². The number of hydrogen-bond donors (Lipinski definition) is 0. The van der Waals surface area contributed by atoms with Gasteiger partial charge in [0.05, 0.1) is 15.5 Å². The van der Waals surface area contributed by atoms with Gasteiger partial charge in [0.15, 0.2) is 6.10 Å². The highest BCUT2D eigenvalue weighted by atomic mass is 35.5. The summed E-state index contributed by atoms with van der Waals surface area (Å²) in [5.74, 6) is -1.27. The van der Waals surface area contributed by atoms with Crippen molar-refractivity contribution in [3.8, 4) is 0 Å². The number of rotatable bonds is 9. The van der Waals surface area contributed by atoms with E-state index in [1.54, 1.807) is 26.0 Å². The average Bonchev–Trinajstić information content (AvgIpc) is 2.75. The minimum absolute atomic E-state index is 0.0403. The SMILES string of the molecule is CCN(C(=O)[C@H](C)OC(=O)c1cc(S(=O)(=O)N(CC)CC)ccc1Cl)c1ccccc1. The summed E-state index contributed by atoms with van der Waals surface area (Å²) in [7, 11) is -3.78. The zero-order chi connectivity index (χ0) is 23.2. The van der Waals surface area contributed by atoms with Crippen LogP contribution in [-0.2, 0) is 19.6 Å². The third-order valence-electron chi connectivity index (χ3n) is 4.78. The summed E-state index contributed by atoms with van der Waals surface area (Å²) in [6.45, 7) is 7.71. The first-order valence-corrected chi connectivity index (χ1v) is 11.9. The Labute approximate surface area is 188 Å². The smallest absolute Gasteiger partial charge is 0.340 e. The standard InChI is InChI=1S/C22H27ClN2O5S/c1-5-24(6-2)31(28,29)18-13-14-20(23)19(15-18)22(27)30-16(4)21(26)25(7-3)17-11-9-8-10-12-17/h8-16H,5-7H2,1-4H3/t16-/m0/s1. The highest BCUT2D eigenvalue weighted by Crippen LogP contribution is 2.24. The van der Waals surface area contributed by atoms with Crippen LogP contribution in [0.2, 0.25) is 5.02 Å². The van der Waals surface area contributed by atoms with Crippen molar-refractivity contribution >= 4 is 39.2 Å². The van der Waals surface area contributed by atoms with Crippen molar-refractivity contribution in [2.75, 3.05) is 24.5 Å². The monoisotopic (exact) mass is 466 g/mol. The Balaban J connectivity index is 2.26. The fourth-order valence-corrected chi connectivity index (χ4v) is 4.78. The molecule has 1 amide bonds. The molecule has 0 saturated carbocycles. The number of halogens is 1. The fraction of sp³-hybridized carbons (Fsp3) is 0.364. The van der Waals surface area contributed by atoms with Crippen molar-refractivity contribution in [3.63, 3.8) is 0 Å². The van der Waals surface area contributed by atoms with Gasteiger partial charge in [-0.3, -0.25) is 4.79 Å². The minimum Gasteiger partial charge on any atom is -0.449 e. The number of carbonyl (C=O) groups excluding carboxylic acids is 2. The Morgan fingerprint density at radius 1 is 1.00 bits per heavy atom. The van der Waals surface area contributed by atoms with E-state index in [4.69, 9.17) is 16.3 Å². The molecule has 9 heteroatoms. The number of para-hydroxylation sites is 1. The lowest BCUT2D eigenvalue weighted by atomic mass is 10.2. The van der Waals surface area contributed by atoms with Crippen molar-refractivity contribution in [2.24, 2.45) is 0 Å². The van der Waals surface area contributed by atoms with Gasteiger partial charge in [0, 0.05) is 25.3 Å². The molecule has 31 heavy (non-hydrogen) atoms. The Morgan fingerprint density at radius 2 is 1.61 bits per heavy atom. The number of likely N-dealkylation sites (N-methyl/N-ethyl adjacent to an activating group) is 1. The van der Waals surface area contributed by atoms with Gasteiger partial charge in [0.1, 0.15) is 0 Å². The molecule has 1 atom stereocenters. The third-order valence-corrected chi connectivity index (χ3v) is 7.16. The van der Waals surface area contributed by atoms with E-state index < -0.39 is 28.0 Å². The molecular formula is C22H27ClN2O5S. The van der Waals surface area contributed by atoms with Gasteiger partial charge < -0.3 is 9.64 Å². The van der Waals surface area contributed by atoms with Gasteiger partial charge in [-0.1, -0.05) is 43.6 Å². The molecule has 2 rings (SSSR count). The number of hydrogen-bond acceptors (Lipinski definition) is 5. The predicted octanol–water partition coefficient (Wildman–Crippen LogP) is 3.97. The molecule has 0 fully saturated rings. The topological polar surface area (TPSA) is 84.0 Å². The van der Waals surface area contributed by atoms with E-state index in [0.29, 0.717) is 25.3 Å². The highest BCUT2D eigenvalue weighted by molar-refractivity contribution is 7.89. The number of nitrogens with zero attached hydrogens (tertiary/aromatic N) is 2. The molecule has 0 bridgehead atoms. The molecule has 0 aromatic heterocycles. The zero-order valence-electron chi connectivity index (χ0n) is 18.0. The first kappa shape index (κ1) is 24.8. The van der Waals surface area contributed by atoms with Gasteiger partial charge in [0.2, 0.25) is 10.0 Å². The van der Waals surface area contributed by atoms with E-state index >= 15 is 0 Å². The lowest BCUT2D eigenvalue weighted by Crippen LogP contribution is -2.40. The molecule has 0 saturated heterocycles. The number of benzene rings is 2. The molecule has 0 heterocycles. The van der Waals surface area contributed by atoms with Crippen LogP contribution < -0.4 is 4.90 Å². The number of sulfonamides is 1. The molecule has 0 spiro atoms. The van der Waals surface area contributed by atoms with E-state index in [2.05, 4.69) is 0 Å². The second-order valence-corrected chi connectivity index (χ2v) is 9.04. The predicted molar refractivity (Wildman–Crippen MR) is 121 cm³/mol. The van der Waals surface area contributed by atoms with Crippen LogP contribution in [0.25, 0.3) is 0 Å². The lowest BCUT2D eigenvalue weighted by Gasteiger charge is -2.24. The maximum absolute atomic E-state index is 12.8. The number of carbonyl (C=O) groups is 2. The van der Waals surface area contributed by atoms with Crippen LogP contribution in [0.1, 0.15) is 38.1 Å². The maximum Gasteiger partial charge on any atom is 0.340 e. The number of esters is 1.